The monoisotopic (exact) mass is 385 g/mol. The Hall–Kier alpha value is -2.11. The molecule has 1 aromatic carbocycles. The summed E-state index contributed by atoms with van der Waals surface area (Å²) in [7, 11) is 0. The molecule has 27 heavy (non-hydrogen) atoms. The molecule has 4 rings (SSSR count). The second-order valence-corrected chi connectivity index (χ2v) is 8.11. The van der Waals surface area contributed by atoms with E-state index in [2.05, 4.69) is 22.0 Å². The molecule has 5 nitrogen and oxygen atoms in total. The Balaban J connectivity index is 1.61. The van der Waals surface area contributed by atoms with Crippen molar-refractivity contribution in [3.63, 3.8) is 0 Å². The normalized spacial score (nSPS) is 19.5. The maximum absolute atomic E-state index is 11.6. The van der Waals surface area contributed by atoms with Gasteiger partial charge >= 0.3 is 6.09 Å². The van der Waals surface area contributed by atoms with E-state index in [0.717, 1.165) is 49.4 Å². The summed E-state index contributed by atoms with van der Waals surface area (Å²) in [5.74, 6) is 0. The summed E-state index contributed by atoms with van der Waals surface area (Å²) in [4.78, 5) is 20.0. The van der Waals surface area contributed by atoms with Crippen LogP contribution < -0.4 is 0 Å². The summed E-state index contributed by atoms with van der Waals surface area (Å²) in [6.45, 7) is 7.15. The maximum atomic E-state index is 11.6. The average molecular weight is 386 g/mol. The van der Waals surface area contributed by atoms with Gasteiger partial charge in [0, 0.05) is 42.6 Å². The molecule has 0 bridgehead atoms. The molecule has 6 heteroatoms. The highest BCUT2D eigenvalue weighted by molar-refractivity contribution is 6.30. The highest BCUT2D eigenvalue weighted by Crippen LogP contribution is 2.39. The second-order valence-electron chi connectivity index (χ2n) is 7.67. The molecule has 2 aromatic rings. The zero-order valence-electron chi connectivity index (χ0n) is 15.7. The van der Waals surface area contributed by atoms with E-state index in [9.17, 15) is 9.90 Å². The quantitative estimate of drug-likeness (QED) is 0.833. The SMILES string of the molecule is Cc1cc(CN2Cc3cc(Cl)cc([C@@H]4CCCN4C(=O)O)c3C2)cc(C)n1. The Morgan fingerprint density at radius 1 is 1.22 bits per heavy atom. The van der Waals surface area contributed by atoms with Gasteiger partial charge in [-0.05, 0) is 73.2 Å². The average Bonchev–Trinajstić information content (AvgIpc) is 3.19. The lowest BCUT2D eigenvalue weighted by Gasteiger charge is -2.24. The zero-order valence-corrected chi connectivity index (χ0v) is 16.5. The van der Waals surface area contributed by atoms with Crippen LogP contribution in [-0.4, -0.2) is 32.5 Å². The van der Waals surface area contributed by atoms with Crippen molar-refractivity contribution < 1.29 is 9.90 Å². The Labute approximate surface area is 164 Å². The molecule has 1 saturated heterocycles. The fourth-order valence-corrected chi connectivity index (χ4v) is 4.82. The van der Waals surface area contributed by atoms with Gasteiger partial charge in [0.2, 0.25) is 0 Å². The molecular formula is C21H24ClN3O2. The third-order valence-electron chi connectivity index (χ3n) is 5.52. The number of amides is 1. The van der Waals surface area contributed by atoms with Crippen LogP contribution in [0.25, 0.3) is 0 Å². The molecule has 0 unspecified atom stereocenters. The molecule has 1 atom stereocenters. The van der Waals surface area contributed by atoms with Crippen LogP contribution in [0.3, 0.4) is 0 Å². The van der Waals surface area contributed by atoms with Crippen LogP contribution in [0.2, 0.25) is 5.02 Å². The summed E-state index contributed by atoms with van der Waals surface area (Å²) in [5.41, 5.74) is 6.88. The van der Waals surface area contributed by atoms with E-state index in [1.54, 1.807) is 4.90 Å². The van der Waals surface area contributed by atoms with Gasteiger partial charge < -0.3 is 10.0 Å². The van der Waals surface area contributed by atoms with Crippen molar-refractivity contribution in [3.05, 3.63) is 62.9 Å². The predicted octanol–water partition coefficient (Wildman–Crippen LogP) is 4.68. The largest absolute Gasteiger partial charge is 0.465 e. The van der Waals surface area contributed by atoms with Crippen molar-refractivity contribution >= 4 is 17.7 Å². The van der Waals surface area contributed by atoms with Gasteiger partial charge in [-0.15, -0.1) is 0 Å². The van der Waals surface area contributed by atoms with Crippen molar-refractivity contribution in [1.29, 1.82) is 0 Å². The lowest BCUT2D eigenvalue weighted by molar-refractivity contribution is 0.140. The molecule has 1 amide bonds. The van der Waals surface area contributed by atoms with E-state index < -0.39 is 6.09 Å². The van der Waals surface area contributed by atoms with Gasteiger partial charge in [-0.1, -0.05) is 11.6 Å². The Morgan fingerprint density at radius 3 is 2.67 bits per heavy atom. The minimum atomic E-state index is -0.844. The van der Waals surface area contributed by atoms with Gasteiger partial charge in [0.05, 0.1) is 6.04 Å². The van der Waals surface area contributed by atoms with Crippen LogP contribution >= 0.6 is 11.6 Å². The molecule has 0 saturated carbocycles. The van der Waals surface area contributed by atoms with E-state index in [1.165, 1.54) is 16.7 Å². The first-order valence-electron chi connectivity index (χ1n) is 9.38. The lowest BCUT2D eigenvalue weighted by Crippen LogP contribution is -2.29. The smallest absolute Gasteiger partial charge is 0.407 e. The van der Waals surface area contributed by atoms with Crippen molar-refractivity contribution in [2.24, 2.45) is 0 Å². The van der Waals surface area contributed by atoms with E-state index in [4.69, 9.17) is 11.6 Å². The molecule has 1 fully saturated rings. The Bertz CT molecular complexity index is 879. The summed E-state index contributed by atoms with van der Waals surface area (Å²) >= 11 is 6.39. The molecule has 3 heterocycles. The van der Waals surface area contributed by atoms with Gasteiger partial charge in [-0.2, -0.15) is 0 Å². The van der Waals surface area contributed by atoms with Gasteiger partial charge in [0.1, 0.15) is 0 Å². The van der Waals surface area contributed by atoms with E-state index >= 15 is 0 Å². The van der Waals surface area contributed by atoms with Crippen molar-refractivity contribution in [2.75, 3.05) is 6.54 Å². The first-order valence-corrected chi connectivity index (χ1v) is 9.76. The first kappa shape index (κ1) is 18.3. The molecule has 142 valence electrons. The molecule has 0 spiro atoms. The van der Waals surface area contributed by atoms with Crippen molar-refractivity contribution in [1.82, 2.24) is 14.8 Å². The standard InChI is InChI=1S/C21H24ClN3O2/c1-13-6-15(7-14(2)23-13)10-24-11-16-8-17(22)9-18(19(16)12-24)20-4-3-5-25(20)21(26)27/h6-9,20H,3-5,10-12H2,1-2H3,(H,26,27)/t20-/m0/s1. The summed E-state index contributed by atoms with van der Waals surface area (Å²) < 4.78 is 0. The highest BCUT2D eigenvalue weighted by atomic mass is 35.5. The van der Waals surface area contributed by atoms with Gasteiger partial charge in [-0.3, -0.25) is 9.88 Å². The predicted molar refractivity (Wildman–Crippen MR) is 105 cm³/mol. The Morgan fingerprint density at radius 2 is 1.96 bits per heavy atom. The number of pyridine rings is 1. The van der Waals surface area contributed by atoms with Crippen LogP contribution in [0.15, 0.2) is 24.3 Å². The summed E-state index contributed by atoms with van der Waals surface area (Å²) in [5, 5.41) is 10.2. The van der Waals surface area contributed by atoms with Crippen LogP contribution in [0.1, 0.15) is 52.5 Å². The zero-order chi connectivity index (χ0) is 19.1. The number of hydrogen-bond donors (Lipinski definition) is 1. The van der Waals surface area contributed by atoms with Crippen molar-refractivity contribution in [2.45, 2.75) is 52.4 Å². The molecule has 0 aliphatic carbocycles. The number of fused-ring (bicyclic) bond motifs is 1. The number of carboxylic acid groups (broad SMARTS) is 1. The molecule has 1 aromatic heterocycles. The molecule has 2 aliphatic rings. The number of rotatable bonds is 3. The Kier molecular flexibility index (Phi) is 4.82. The third-order valence-corrected chi connectivity index (χ3v) is 5.74. The lowest BCUT2D eigenvalue weighted by atomic mass is 9.96. The number of aromatic nitrogens is 1. The van der Waals surface area contributed by atoms with Crippen LogP contribution in [0, 0.1) is 13.8 Å². The minimum absolute atomic E-state index is 0.0830. The van der Waals surface area contributed by atoms with E-state index in [1.807, 2.05) is 26.0 Å². The minimum Gasteiger partial charge on any atom is -0.465 e. The number of carbonyl (C=O) groups is 1. The first-order chi connectivity index (χ1) is 12.9. The van der Waals surface area contributed by atoms with E-state index in [0.29, 0.717) is 11.6 Å². The summed E-state index contributed by atoms with van der Waals surface area (Å²) in [6.07, 6.45) is 0.920. The fourth-order valence-electron chi connectivity index (χ4n) is 4.57. The van der Waals surface area contributed by atoms with Crippen LogP contribution in [-0.2, 0) is 19.6 Å². The number of benzene rings is 1. The second kappa shape index (κ2) is 7.13. The number of aryl methyl sites for hydroxylation is 2. The topological polar surface area (TPSA) is 56.7 Å². The van der Waals surface area contributed by atoms with Crippen molar-refractivity contribution in [3.8, 4) is 0 Å². The fraction of sp³-hybridized carbons (Fsp3) is 0.429. The number of likely N-dealkylation sites (tertiary alicyclic amines) is 1. The molecule has 1 N–H and O–H groups in total. The van der Waals surface area contributed by atoms with Gasteiger partial charge in [-0.25, -0.2) is 4.79 Å². The number of hydrogen-bond acceptors (Lipinski definition) is 3. The maximum Gasteiger partial charge on any atom is 0.407 e. The van der Waals surface area contributed by atoms with Gasteiger partial charge in [0.25, 0.3) is 0 Å². The number of nitrogens with zero attached hydrogens (tertiary/aromatic N) is 3. The van der Waals surface area contributed by atoms with Crippen LogP contribution in [0.4, 0.5) is 4.79 Å². The van der Waals surface area contributed by atoms with Crippen LogP contribution in [0.5, 0.6) is 0 Å². The summed E-state index contributed by atoms with van der Waals surface area (Å²) in [6, 6.07) is 8.18. The highest BCUT2D eigenvalue weighted by Gasteiger charge is 2.34. The molecule has 0 radical (unpaired) electrons. The van der Waals surface area contributed by atoms with E-state index in [-0.39, 0.29) is 6.04 Å². The molecular weight excluding hydrogens is 362 g/mol. The molecule has 2 aliphatic heterocycles. The van der Waals surface area contributed by atoms with Gasteiger partial charge in [0.15, 0.2) is 0 Å². The third kappa shape index (κ3) is 3.66. The number of halogens is 1.